The van der Waals surface area contributed by atoms with Gasteiger partial charge in [-0.05, 0) is 64.1 Å². The Morgan fingerprint density at radius 2 is 1.55 bits per heavy atom. The molecule has 0 spiro atoms. The van der Waals surface area contributed by atoms with E-state index in [1.54, 1.807) is 56.3 Å². The normalized spacial score (nSPS) is 10.4. The molecule has 0 aromatic heterocycles. The van der Waals surface area contributed by atoms with Gasteiger partial charge in [-0.3, -0.25) is 4.79 Å². The second kappa shape index (κ2) is 10.9. The van der Waals surface area contributed by atoms with Crippen LogP contribution < -0.4 is 19.5 Å². The third-order valence-electron chi connectivity index (χ3n) is 3.63. The Morgan fingerprint density at radius 3 is 2.17 bits per heavy atom. The lowest BCUT2D eigenvalue weighted by Crippen LogP contribution is -2.20. The maximum atomic E-state index is 12.2. The fourth-order valence-electron chi connectivity index (χ4n) is 2.44. The number of nitrogens with one attached hydrogen (secondary N) is 1. The minimum Gasteiger partial charge on any atom is -0.490 e. The molecule has 0 unspecified atom stereocenters. The Hall–Kier alpha value is -3.22. The van der Waals surface area contributed by atoms with Crippen molar-refractivity contribution in [3.8, 4) is 17.2 Å². The highest BCUT2D eigenvalue weighted by atomic mass is 16.5. The van der Waals surface area contributed by atoms with Crippen molar-refractivity contribution in [3.63, 3.8) is 0 Å². The van der Waals surface area contributed by atoms with E-state index < -0.39 is 5.97 Å². The molecule has 2 aromatic rings. The predicted octanol–water partition coefficient (Wildman–Crippen LogP) is 4.07. The number of rotatable bonds is 10. The maximum Gasteiger partial charge on any atom is 0.338 e. The first-order valence-electron chi connectivity index (χ1n) is 9.56. The first-order chi connectivity index (χ1) is 13.9. The topological polar surface area (TPSA) is 83.1 Å². The van der Waals surface area contributed by atoms with Gasteiger partial charge in [0, 0.05) is 11.8 Å². The molecule has 156 valence electrons. The Balaban J connectivity index is 1.91. The molecule has 2 aromatic carbocycles. The molecule has 2 rings (SSSR count). The molecule has 0 saturated heterocycles. The molecular weight excluding hydrogens is 374 g/mol. The summed E-state index contributed by atoms with van der Waals surface area (Å²) >= 11 is 0. The van der Waals surface area contributed by atoms with E-state index in [1.165, 1.54) is 0 Å². The van der Waals surface area contributed by atoms with E-state index in [0.717, 1.165) is 0 Å². The van der Waals surface area contributed by atoms with Crippen LogP contribution in [0, 0.1) is 0 Å². The minimum absolute atomic E-state index is 0.174. The van der Waals surface area contributed by atoms with Gasteiger partial charge in [-0.2, -0.15) is 0 Å². The molecule has 0 atom stereocenters. The molecular formula is C22H27NO6. The zero-order chi connectivity index (χ0) is 21.2. The lowest BCUT2D eigenvalue weighted by atomic mass is 10.2. The number of carbonyl (C=O) groups is 2. The second-order valence-electron chi connectivity index (χ2n) is 6.34. The fourth-order valence-corrected chi connectivity index (χ4v) is 2.44. The lowest BCUT2D eigenvalue weighted by molar-refractivity contribution is -0.118. The number of esters is 1. The molecule has 0 heterocycles. The van der Waals surface area contributed by atoms with Gasteiger partial charge in [0.1, 0.15) is 5.75 Å². The Bertz CT molecular complexity index is 817. The summed E-state index contributed by atoms with van der Waals surface area (Å²) in [4.78, 5) is 24.0. The summed E-state index contributed by atoms with van der Waals surface area (Å²) in [7, 11) is 0. The Morgan fingerprint density at radius 1 is 0.897 bits per heavy atom. The lowest BCUT2D eigenvalue weighted by Gasteiger charge is -2.13. The number of amides is 1. The average molecular weight is 401 g/mol. The molecule has 1 N–H and O–H groups in total. The van der Waals surface area contributed by atoms with Gasteiger partial charge < -0.3 is 24.3 Å². The van der Waals surface area contributed by atoms with Crippen LogP contribution in [0.2, 0.25) is 0 Å². The third-order valence-corrected chi connectivity index (χ3v) is 3.63. The highest BCUT2D eigenvalue weighted by Gasteiger charge is 2.11. The largest absolute Gasteiger partial charge is 0.490 e. The molecule has 1 amide bonds. The third kappa shape index (κ3) is 7.03. The van der Waals surface area contributed by atoms with Crippen LogP contribution in [0.3, 0.4) is 0 Å². The minimum atomic E-state index is -0.398. The van der Waals surface area contributed by atoms with Gasteiger partial charge in [0.2, 0.25) is 0 Å². The summed E-state index contributed by atoms with van der Waals surface area (Å²) in [5.74, 6) is 0.948. The van der Waals surface area contributed by atoms with Crippen LogP contribution in [0.4, 0.5) is 5.69 Å². The maximum absolute atomic E-state index is 12.2. The van der Waals surface area contributed by atoms with Crippen LogP contribution in [0.15, 0.2) is 42.5 Å². The quantitative estimate of drug-likeness (QED) is 0.605. The van der Waals surface area contributed by atoms with Crippen molar-refractivity contribution in [3.05, 3.63) is 48.0 Å². The molecule has 7 nitrogen and oxygen atoms in total. The monoisotopic (exact) mass is 401 g/mol. The van der Waals surface area contributed by atoms with Gasteiger partial charge in [-0.25, -0.2) is 4.79 Å². The zero-order valence-electron chi connectivity index (χ0n) is 17.2. The van der Waals surface area contributed by atoms with Crippen LogP contribution in [0.25, 0.3) is 0 Å². The molecule has 7 heteroatoms. The summed E-state index contributed by atoms with van der Waals surface area (Å²) in [5.41, 5.74) is 1.01. The van der Waals surface area contributed by atoms with E-state index in [9.17, 15) is 9.59 Å². The number of carbonyl (C=O) groups excluding carboxylic acids is 2. The van der Waals surface area contributed by atoms with Crippen molar-refractivity contribution in [2.24, 2.45) is 0 Å². The molecule has 29 heavy (non-hydrogen) atoms. The van der Waals surface area contributed by atoms with Crippen LogP contribution in [0.5, 0.6) is 17.2 Å². The van der Waals surface area contributed by atoms with Crippen LogP contribution in [-0.2, 0) is 9.53 Å². The fraction of sp³-hybridized carbons (Fsp3) is 0.364. The summed E-state index contributed by atoms with van der Waals surface area (Å²) in [6, 6.07) is 11.6. The molecule has 0 radical (unpaired) electrons. The van der Waals surface area contributed by atoms with Crippen molar-refractivity contribution in [1.29, 1.82) is 0 Å². The number of ether oxygens (including phenoxy) is 4. The zero-order valence-corrected chi connectivity index (χ0v) is 17.2. The SMILES string of the molecule is CCOc1ccc(NC(=O)COc2ccc(C(=O)OC(C)C)cc2)cc1OCC. The van der Waals surface area contributed by atoms with E-state index in [1.807, 2.05) is 13.8 Å². The Kier molecular flexibility index (Phi) is 8.33. The van der Waals surface area contributed by atoms with Gasteiger partial charge in [0.15, 0.2) is 18.1 Å². The standard InChI is InChI=1S/C22H27NO6/c1-5-26-19-12-9-17(13-20(19)27-6-2)23-21(24)14-28-18-10-7-16(8-11-18)22(25)29-15(3)4/h7-13,15H,5-6,14H2,1-4H3,(H,23,24). The van der Waals surface area contributed by atoms with Crippen LogP contribution in [0.1, 0.15) is 38.1 Å². The van der Waals surface area contributed by atoms with Crippen LogP contribution >= 0.6 is 0 Å². The number of hydrogen-bond acceptors (Lipinski definition) is 6. The van der Waals surface area contributed by atoms with Gasteiger partial charge in [-0.1, -0.05) is 0 Å². The molecule has 0 bridgehead atoms. The summed E-state index contributed by atoms with van der Waals surface area (Å²) in [6.45, 7) is 8.18. The molecule has 0 aliphatic rings. The van der Waals surface area contributed by atoms with Gasteiger partial charge in [0.25, 0.3) is 5.91 Å². The van der Waals surface area contributed by atoms with E-state index in [-0.39, 0.29) is 18.6 Å². The van der Waals surface area contributed by atoms with Gasteiger partial charge in [0.05, 0.1) is 24.9 Å². The number of benzene rings is 2. The van der Waals surface area contributed by atoms with Crippen LogP contribution in [-0.4, -0.2) is 37.8 Å². The molecule has 0 aliphatic heterocycles. The summed E-state index contributed by atoms with van der Waals surface area (Å²) in [5, 5.41) is 2.76. The smallest absolute Gasteiger partial charge is 0.338 e. The molecule has 0 saturated carbocycles. The van der Waals surface area contributed by atoms with E-state index in [4.69, 9.17) is 18.9 Å². The highest BCUT2D eigenvalue weighted by molar-refractivity contribution is 5.92. The predicted molar refractivity (Wildman–Crippen MR) is 110 cm³/mol. The molecule has 0 fully saturated rings. The van der Waals surface area contributed by atoms with E-state index in [2.05, 4.69) is 5.32 Å². The second-order valence-corrected chi connectivity index (χ2v) is 6.34. The van der Waals surface area contributed by atoms with Crippen molar-refractivity contribution in [1.82, 2.24) is 0 Å². The van der Waals surface area contributed by atoms with Crippen molar-refractivity contribution in [2.45, 2.75) is 33.8 Å². The Labute approximate surface area is 170 Å². The van der Waals surface area contributed by atoms with Crippen molar-refractivity contribution >= 4 is 17.6 Å². The van der Waals surface area contributed by atoms with Crippen molar-refractivity contribution in [2.75, 3.05) is 25.1 Å². The van der Waals surface area contributed by atoms with Crippen molar-refractivity contribution < 1.29 is 28.5 Å². The first-order valence-corrected chi connectivity index (χ1v) is 9.56. The molecule has 0 aliphatic carbocycles. The highest BCUT2D eigenvalue weighted by Crippen LogP contribution is 2.30. The summed E-state index contributed by atoms with van der Waals surface area (Å²) in [6.07, 6.45) is -0.187. The average Bonchev–Trinajstić information content (AvgIpc) is 2.68. The summed E-state index contributed by atoms with van der Waals surface area (Å²) < 4.78 is 21.7. The number of hydrogen-bond donors (Lipinski definition) is 1. The van der Waals surface area contributed by atoms with Gasteiger partial charge in [-0.15, -0.1) is 0 Å². The van der Waals surface area contributed by atoms with Gasteiger partial charge >= 0.3 is 5.97 Å². The van der Waals surface area contributed by atoms with E-state index in [0.29, 0.717) is 41.7 Å². The number of anilines is 1. The first kappa shape index (κ1) is 22.1. The van der Waals surface area contributed by atoms with E-state index >= 15 is 0 Å².